The third-order valence-electron chi connectivity index (χ3n) is 7.97. The van der Waals surface area contributed by atoms with Crippen molar-refractivity contribution >= 4 is 34.2 Å². The number of aryl methyl sites for hydroxylation is 1. The number of tetrazole rings is 1. The molecule has 0 spiro atoms. The van der Waals surface area contributed by atoms with E-state index in [1.165, 1.54) is 16.5 Å². The Balaban J connectivity index is 1.50. The van der Waals surface area contributed by atoms with Gasteiger partial charge in [0.25, 0.3) is 6.43 Å². The van der Waals surface area contributed by atoms with Gasteiger partial charge in [-0.25, -0.2) is 23.7 Å². The van der Waals surface area contributed by atoms with Crippen molar-refractivity contribution in [1.82, 2.24) is 39.7 Å². The predicted molar refractivity (Wildman–Crippen MR) is 168 cm³/mol. The molecule has 5 aromatic rings. The second-order valence-electron chi connectivity index (χ2n) is 11.3. The number of halogens is 2. The molecule has 6 rings (SSSR count). The number of ether oxygens (including phenoxy) is 3. The molecule has 2 N–H and O–H groups in total. The van der Waals surface area contributed by atoms with Crippen LogP contribution in [0.15, 0.2) is 36.4 Å². The van der Waals surface area contributed by atoms with Gasteiger partial charge in [0.1, 0.15) is 35.1 Å². The standard InChI is InChI=1S/C31H33F2N11O3/c1-31(2,46-5)18-12-13-22(36-21(18)16-34)37-23-15-20(35-19-10-8-9-17(26(19)45-4)28-40-42-43(3)41-28)25-29(38-23)44(30(39-25)27(32)33)24-11-6-7-14-47-24/h8-10,12-13,15,24,27H,6-7,11,14H2,1-5H3,(H2,35,36,37,38). The highest BCUT2D eigenvalue weighted by atomic mass is 19.3. The lowest BCUT2D eigenvalue weighted by Crippen LogP contribution is -2.21. The minimum atomic E-state index is -2.89. The third kappa shape index (κ3) is 6.14. The number of hydrogen-bond donors (Lipinski definition) is 2. The maximum atomic E-state index is 14.5. The molecule has 47 heavy (non-hydrogen) atoms. The summed E-state index contributed by atoms with van der Waals surface area (Å²) in [7, 11) is 4.72. The summed E-state index contributed by atoms with van der Waals surface area (Å²) in [5.74, 6) is 0.866. The highest BCUT2D eigenvalue weighted by Crippen LogP contribution is 2.40. The van der Waals surface area contributed by atoms with E-state index in [0.29, 0.717) is 52.9 Å². The minimum absolute atomic E-state index is 0.168. The fourth-order valence-electron chi connectivity index (χ4n) is 5.51. The van der Waals surface area contributed by atoms with Gasteiger partial charge in [0.05, 0.1) is 36.7 Å². The number of alkyl halides is 2. The van der Waals surface area contributed by atoms with Crippen LogP contribution in [0.4, 0.5) is 31.8 Å². The van der Waals surface area contributed by atoms with Gasteiger partial charge in [-0.1, -0.05) is 6.07 Å². The lowest BCUT2D eigenvalue weighted by molar-refractivity contribution is -0.0363. The second-order valence-corrected chi connectivity index (χ2v) is 11.3. The largest absolute Gasteiger partial charge is 0.494 e. The monoisotopic (exact) mass is 645 g/mol. The number of methoxy groups -OCH3 is 2. The van der Waals surface area contributed by atoms with Crippen LogP contribution >= 0.6 is 0 Å². The number of pyridine rings is 2. The molecule has 0 saturated carbocycles. The van der Waals surface area contributed by atoms with Crippen LogP contribution in [0.2, 0.25) is 0 Å². The van der Waals surface area contributed by atoms with Crippen molar-refractivity contribution < 1.29 is 23.0 Å². The Morgan fingerprint density at radius 1 is 1.06 bits per heavy atom. The van der Waals surface area contributed by atoms with E-state index >= 15 is 0 Å². The first-order valence-corrected chi connectivity index (χ1v) is 14.9. The van der Waals surface area contributed by atoms with Crippen LogP contribution in [-0.4, -0.2) is 60.6 Å². The molecule has 1 aromatic carbocycles. The van der Waals surface area contributed by atoms with Gasteiger partial charge in [-0.3, -0.25) is 4.57 Å². The van der Waals surface area contributed by atoms with Gasteiger partial charge in [-0.15, -0.1) is 10.2 Å². The van der Waals surface area contributed by atoms with Gasteiger partial charge in [0, 0.05) is 25.3 Å². The third-order valence-corrected chi connectivity index (χ3v) is 7.97. The molecule has 4 aromatic heterocycles. The van der Waals surface area contributed by atoms with Crippen LogP contribution in [0.5, 0.6) is 5.75 Å². The Bertz CT molecular complexity index is 1960. The summed E-state index contributed by atoms with van der Waals surface area (Å²) < 4.78 is 47.7. The maximum absolute atomic E-state index is 14.5. The predicted octanol–water partition coefficient (Wildman–Crippen LogP) is 5.90. The summed E-state index contributed by atoms with van der Waals surface area (Å²) in [4.78, 5) is 14.9. The first-order chi connectivity index (χ1) is 22.6. The van der Waals surface area contributed by atoms with Crippen LogP contribution in [-0.2, 0) is 22.1 Å². The molecule has 1 aliphatic heterocycles. The van der Waals surface area contributed by atoms with E-state index in [9.17, 15) is 14.0 Å². The average molecular weight is 646 g/mol. The zero-order chi connectivity index (χ0) is 33.3. The lowest BCUT2D eigenvalue weighted by atomic mass is 9.96. The molecular weight excluding hydrogens is 612 g/mol. The van der Waals surface area contributed by atoms with Gasteiger partial charge in [0.2, 0.25) is 5.82 Å². The number of nitriles is 1. The average Bonchev–Trinajstić information content (AvgIpc) is 3.69. The zero-order valence-corrected chi connectivity index (χ0v) is 26.5. The van der Waals surface area contributed by atoms with Gasteiger partial charge in [-0.2, -0.15) is 10.1 Å². The first-order valence-electron chi connectivity index (χ1n) is 14.9. The number of benzene rings is 1. The second kappa shape index (κ2) is 12.9. The number of fused-ring (bicyclic) bond motifs is 1. The number of imidazole rings is 1. The Kier molecular flexibility index (Phi) is 8.67. The minimum Gasteiger partial charge on any atom is -0.494 e. The molecule has 14 nitrogen and oxygen atoms in total. The van der Waals surface area contributed by atoms with Crippen LogP contribution < -0.4 is 15.4 Å². The number of nitrogens with zero attached hydrogens (tertiary/aromatic N) is 9. The van der Waals surface area contributed by atoms with Gasteiger partial charge in [0.15, 0.2) is 17.2 Å². The SMILES string of the molecule is COc1c(Nc2cc(Nc3ccc(C(C)(C)OC)c(C#N)n3)nc3c2nc(C(F)F)n3C2CCCCO2)cccc1-c1nnn(C)n1. The normalized spacial score (nSPS) is 15.2. The van der Waals surface area contributed by atoms with Crippen LogP contribution in [0.25, 0.3) is 22.6 Å². The molecule has 0 amide bonds. The highest BCUT2D eigenvalue weighted by Gasteiger charge is 2.30. The zero-order valence-electron chi connectivity index (χ0n) is 26.5. The number of anilines is 4. The number of aromatic nitrogens is 8. The molecule has 1 saturated heterocycles. The Morgan fingerprint density at radius 3 is 2.55 bits per heavy atom. The smallest absolute Gasteiger partial charge is 0.295 e. The molecular formula is C31H33F2N11O3. The van der Waals surface area contributed by atoms with Crippen LogP contribution in [0, 0.1) is 11.3 Å². The van der Waals surface area contributed by atoms with Crippen molar-refractivity contribution in [2.45, 2.75) is 51.4 Å². The van der Waals surface area contributed by atoms with E-state index < -0.39 is 24.1 Å². The Morgan fingerprint density at radius 2 is 1.89 bits per heavy atom. The van der Waals surface area contributed by atoms with E-state index in [0.717, 1.165) is 12.8 Å². The molecule has 0 radical (unpaired) electrons. The summed E-state index contributed by atoms with van der Waals surface area (Å²) in [5, 5.41) is 28.6. The number of hydrogen-bond acceptors (Lipinski definition) is 12. The van der Waals surface area contributed by atoms with Crippen molar-refractivity contribution in [2.24, 2.45) is 7.05 Å². The van der Waals surface area contributed by atoms with Gasteiger partial charge in [-0.05, 0) is 62.6 Å². The molecule has 16 heteroatoms. The molecule has 0 bridgehead atoms. The van der Waals surface area contributed by atoms with E-state index in [4.69, 9.17) is 19.2 Å². The summed E-state index contributed by atoms with van der Waals surface area (Å²) in [6.07, 6.45) is -1.40. The van der Waals surface area contributed by atoms with Crippen LogP contribution in [0.1, 0.15) is 62.8 Å². The summed E-state index contributed by atoms with van der Waals surface area (Å²) >= 11 is 0. The summed E-state index contributed by atoms with van der Waals surface area (Å²) in [6, 6.07) is 12.5. The van der Waals surface area contributed by atoms with Gasteiger partial charge >= 0.3 is 0 Å². The molecule has 1 aliphatic rings. The fraction of sp³-hybridized carbons (Fsp3) is 0.387. The number of para-hydroxylation sites is 1. The first kappa shape index (κ1) is 31.7. The van der Waals surface area contributed by atoms with Gasteiger partial charge < -0.3 is 24.8 Å². The number of nitrogens with one attached hydrogen (secondary N) is 2. The van der Waals surface area contributed by atoms with Crippen LogP contribution in [0.3, 0.4) is 0 Å². The Hall–Kier alpha value is -5.27. The number of rotatable bonds is 10. The summed E-state index contributed by atoms with van der Waals surface area (Å²) in [5.41, 5.74) is 1.83. The van der Waals surface area contributed by atoms with Crippen molar-refractivity contribution in [2.75, 3.05) is 31.5 Å². The van der Waals surface area contributed by atoms with Crippen molar-refractivity contribution in [3.63, 3.8) is 0 Å². The Labute approximate surface area is 268 Å². The fourth-order valence-corrected chi connectivity index (χ4v) is 5.51. The molecule has 1 atom stereocenters. The molecule has 5 heterocycles. The van der Waals surface area contributed by atoms with E-state index in [2.05, 4.69) is 42.1 Å². The van der Waals surface area contributed by atoms with E-state index in [1.54, 1.807) is 50.6 Å². The topological polar surface area (TPSA) is 163 Å². The molecule has 1 unspecified atom stereocenters. The lowest BCUT2D eigenvalue weighted by Gasteiger charge is -2.25. The quantitative estimate of drug-likeness (QED) is 0.185. The van der Waals surface area contributed by atoms with E-state index in [-0.39, 0.29) is 22.7 Å². The summed E-state index contributed by atoms with van der Waals surface area (Å²) in [6.45, 7) is 4.11. The molecule has 1 fully saturated rings. The maximum Gasteiger partial charge on any atom is 0.295 e. The van der Waals surface area contributed by atoms with Crippen molar-refractivity contribution in [3.8, 4) is 23.2 Å². The van der Waals surface area contributed by atoms with E-state index in [1.807, 2.05) is 13.8 Å². The van der Waals surface area contributed by atoms with Crippen molar-refractivity contribution in [3.05, 3.63) is 53.5 Å². The molecule has 0 aliphatic carbocycles. The van der Waals surface area contributed by atoms with Crippen molar-refractivity contribution in [1.29, 1.82) is 5.26 Å². The molecule has 244 valence electrons. The highest BCUT2D eigenvalue weighted by molar-refractivity contribution is 5.92.